The molecule has 0 spiro atoms. The van der Waals surface area contributed by atoms with Gasteiger partial charge in [0.15, 0.2) is 0 Å². The van der Waals surface area contributed by atoms with Crippen molar-refractivity contribution < 1.29 is 19.1 Å². The molecule has 0 atom stereocenters. The fourth-order valence-electron chi connectivity index (χ4n) is 3.75. The lowest BCUT2D eigenvalue weighted by molar-refractivity contribution is 0.199. The normalized spacial score (nSPS) is 10.7. The minimum atomic E-state index is -0.546. The van der Waals surface area contributed by atoms with Gasteiger partial charge in [0, 0.05) is 24.2 Å². The van der Waals surface area contributed by atoms with E-state index < -0.39 is 12.2 Å². The van der Waals surface area contributed by atoms with Crippen LogP contribution in [0.4, 0.5) is 9.59 Å². The summed E-state index contributed by atoms with van der Waals surface area (Å²) in [6, 6.07) is 23.0. The smallest absolute Gasteiger partial charge is 0.410 e. The number of amides is 2. The zero-order valence-corrected chi connectivity index (χ0v) is 18.0. The predicted molar refractivity (Wildman–Crippen MR) is 126 cm³/mol. The first-order valence-electron chi connectivity index (χ1n) is 10.6. The van der Waals surface area contributed by atoms with Crippen LogP contribution in [-0.4, -0.2) is 25.3 Å². The summed E-state index contributed by atoms with van der Waals surface area (Å²) in [6.07, 6.45) is -1.09. The van der Waals surface area contributed by atoms with E-state index in [0.717, 1.165) is 21.5 Å². The van der Waals surface area contributed by atoms with Crippen molar-refractivity contribution in [1.29, 1.82) is 0 Å². The van der Waals surface area contributed by atoms with Gasteiger partial charge in [0.25, 0.3) is 0 Å². The average molecular weight is 428 g/mol. The summed E-state index contributed by atoms with van der Waals surface area (Å²) in [6.45, 7) is 4.54. The van der Waals surface area contributed by atoms with Gasteiger partial charge in [-0.25, -0.2) is 9.59 Å². The number of fused-ring (bicyclic) bond motifs is 2. The Balaban J connectivity index is 2.03. The highest BCUT2D eigenvalue weighted by atomic mass is 16.6. The third-order valence-electron chi connectivity index (χ3n) is 5.08. The van der Waals surface area contributed by atoms with E-state index in [-0.39, 0.29) is 0 Å². The van der Waals surface area contributed by atoms with Crippen LogP contribution in [0.25, 0.3) is 32.7 Å². The van der Waals surface area contributed by atoms with E-state index in [1.165, 1.54) is 0 Å². The molecule has 0 unspecified atom stereocenters. The summed E-state index contributed by atoms with van der Waals surface area (Å²) >= 11 is 0. The molecule has 6 heteroatoms. The van der Waals surface area contributed by atoms with Crippen LogP contribution in [0.1, 0.15) is 13.8 Å². The molecule has 0 saturated carbocycles. The van der Waals surface area contributed by atoms with Crippen LogP contribution in [0.15, 0.2) is 72.8 Å². The number of benzene rings is 4. The topological polar surface area (TPSA) is 76.7 Å². The maximum absolute atomic E-state index is 12.3. The number of carbonyl (C=O) groups is 2. The zero-order chi connectivity index (χ0) is 22.5. The molecule has 0 aromatic heterocycles. The highest BCUT2D eigenvalue weighted by Gasteiger charge is 2.21. The number of hydrogen-bond acceptors (Lipinski definition) is 4. The first-order chi connectivity index (χ1) is 15.6. The molecule has 2 amide bonds. The van der Waals surface area contributed by atoms with Gasteiger partial charge < -0.3 is 20.1 Å². The van der Waals surface area contributed by atoms with Crippen LogP contribution in [0.3, 0.4) is 0 Å². The summed E-state index contributed by atoms with van der Waals surface area (Å²) in [4.78, 5) is 24.6. The first kappa shape index (κ1) is 21.2. The summed E-state index contributed by atoms with van der Waals surface area (Å²) < 4.78 is 11.4. The second-order valence-electron chi connectivity index (χ2n) is 7.16. The second-order valence-corrected chi connectivity index (χ2v) is 7.16. The molecule has 0 heterocycles. The molecule has 32 heavy (non-hydrogen) atoms. The molecule has 0 radical (unpaired) electrons. The predicted octanol–water partition coefficient (Wildman–Crippen LogP) is 5.88. The van der Waals surface area contributed by atoms with Gasteiger partial charge >= 0.3 is 12.2 Å². The van der Waals surface area contributed by atoms with E-state index in [4.69, 9.17) is 9.47 Å². The molecule has 4 aromatic carbocycles. The van der Waals surface area contributed by atoms with E-state index >= 15 is 0 Å². The van der Waals surface area contributed by atoms with Gasteiger partial charge in [-0.3, -0.25) is 0 Å². The Morgan fingerprint density at radius 2 is 1.03 bits per heavy atom. The molecule has 2 N–H and O–H groups in total. The van der Waals surface area contributed by atoms with Crippen molar-refractivity contribution in [1.82, 2.24) is 10.6 Å². The molecule has 4 aromatic rings. The van der Waals surface area contributed by atoms with Crippen molar-refractivity contribution >= 4 is 33.7 Å². The van der Waals surface area contributed by atoms with Crippen molar-refractivity contribution in [3.05, 3.63) is 72.8 Å². The van der Waals surface area contributed by atoms with Crippen LogP contribution in [-0.2, 0) is 0 Å². The molecule has 162 valence electrons. The molecular weight excluding hydrogens is 404 g/mol. The van der Waals surface area contributed by atoms with Crippen molar-refractivity contribution in [3.8, 4) is 22.6 Å². The molecule has 0 bridgehead atoms. The van der Waals surface area contributed by atoms with Crippen molar-refractivity contribution in [2.24, 2.45) is 0 Å². The Hall–Kier alpha value is -4.06. The van der Waals surface area contributed by atoms with Crippen LogP contribution in [0, 0.1) is 0 Å². The van der Waals surface area contributed by atoms with Crippen LogP contribution in [0.5, 0.6) is 11.5 Å². The van der Waals surface area contributed by atoms with Crippen molar-refractivity contribution in [2.75, 3.05) is 13.1 Å². The quantitative estimate of drug-likeness (QED) is 0.416. The molecular formula is C26H24N2O4. The lowest BCUT2D eigenvalue weighted by Crippen LogP contribution is -2.27. The van der Waals surface area contributed by atoms with Gasteiger partial charge in [-0.15, -0.1) is 0 Å². The van der Waals surface area contributed by atoms with E-state index in [1.54, 1.807) is 12.1 Å². The number of rotatable bonds is 5. The van der Waals surface area contributed by atoms with Gasteiger partial charge in [-0.1, -0.05) is 60.7 Å². The molecule has 0 aliphatic rings. The second kappa shape index (κ2) is 9.39. The fraction of sp³-hybridized carbons (Fsp3) is 0.154. The van der Waals surface area contributed by atoms with Gasteiger partial charge in [0.2, 0.25) is 0 Å². The Morgan fingerprint density at radius 3 is 1.44 bits per heavy atom. The summed E-state index contributed by atoms with van der Waals surface area (Å²) in [7, 11) is 0. The summed E-state index contributed by atoms with van der Waals surface area (Å²) in [5.41, 5.74) is 1.37. The zero-order valence-electron chi connectivity index (χ0n) is 18.0. The standard InChI is InChI=1S/C26H24N2O4/c1-3-27-25(29)31-21-15-13-17-9-5-7-11-19(17)23(21)24-20-12-8-6-10-18(20)14-16-22(24)32-26(30)28-4-2/h5-16H,3-4H2,1-2H3,(H,27,29)(H,28,30). The largest absolute Gasteiger partial charge is 0.412 e. The Kier molecular flexibility index (Phi) is 6.22. The van der Waals surface area contributed by atoms with Gasteiger partial charge in [0.1, 0.15) is 11.5 Å². The molecule has 0 fully saturated rings. The Bertz CT molecular complexity index is 1200. The van der Waals surface area contributed by atoms with Crippen LogP contribution >= 0.6 is 0 Å². The lowest BCUT2D eigenvalue weighted by Gasteiger charge is -2.18. The van der Waals surface area contributed by atoms with E-state index in [1.807, 2.05) is 74.5 Å². The minimum absolute atomic E-state index is 0.381. The van der Waals surface area contributed by atoms with Crippen molar-refractivity contribution in [3.63, 3.8) is 0 Å². The summed E-state index contributed by atoms with van der Waals surface area (Å²) in [5.74, 6) is 0.763. The third kappa shape index (κ3) is 4.21. The third-order valence-corrected chi connectivity index (χ3v) is 5.08. The van der Waals surface area contributed by atoms with Crippen LogP contribution < -0.4 is 20.1 Å². The number of carbonyl (C=O) groups excluding carboxylic acids is 2. The minimum Gasteiger partial charge on any atom is -0.410 e. The number of ether oxygens (including phenoxy) is 2. The number of hydrogen-bond donors (Lipinski definition) is 2. The SMILES string of the molecule is CCNC(=O)Oc1ccc2ccccc2c1-c1c(OC(=O)NCC)ccc2ccccc12. The Morgan fingerprint density at radius 1 is 0.625 bits per heavy atom. The monoisotopic (exact) mass is 428 g/mol. The van der Waals surface area contributed by atoms with Crippen LogP contribution in [0.2, 0.25) is 0 Å². The molecule has 0 saturated heterocycles. The highest BCUT2D eigenvalue weighted by Crippen LogP contribution is 2.45. The van der Waals surface area contributed by atoms with Crippen molar-refractivity contribution in [2.45, 2.75) is 13.8 Å². The average Bonchev–Trinajstić information content (AvgIpc) is 2.79. The maximum Gasteiger partial charge on any atom is 0.412 e. The van der Waals surface area contributed by atoms with Gasteiger partial charge in [0.05, 0.1) is 0 Å². The highest BCUT2D eigenvalue weighted by molar-refractivity contribution is 6.10. The lowest BCUT2D eigenvalue weighted by atomic mass is 9.92. The maximum atomic E-state index is 12.3. The molecule has 6 nitrogen and oxygen atoms in total. The first-order valence-corrected chi connectivity index (χ1v) is 10.6. The molecule has 0 aliphatic carbocycles. The van der Waals surface area contributed by atoms with E-state index in [0.29, 0.717) is 35.7 Å². The van der Waals surface area contributed by atoms with Gasteiger partial charge in [-0.05, 0) is 47.5 Å². The summed E-state index contributed by atoms with van der Waals surface area (Å²) in [5, 5.41) is 9.04. The number of nitrogens with one attached hydrogen (secondary N) is 2. The molecule has 0 aliphatic heterocycles. The van der Waals surface area contributed by atoms with E-state index in [9.17, 15) is 9.59 Å². The Labute approximate surface area is 186 Å². The molecule has 4 rings (SSSR count). The fourth-order valence-corrected chi connectivity index (χ4v) is 3.75. The van der Waals surface area contributed by atoms with E-state index in [2.05, 4.69) is 10.6 Å². The van der Waals surface area contributed by atoms with Gasteiger partial charge in [-0.2, -0.15) is 0 Å².